The smallest absolute Gasteiger partial charge is 0.313 e. The fourth-order valence-corrected chi connectivity index (χ4v) is 4.02. The van der Waals surface area contributed by atoms with Gasteiger partial charge >= 0.3 is 5.97 Å². The first-order valence-electron chi connectivity index (χ1n) is 10.5. The summed E-state index contributed by atoms with van der Waals surface area (Å²) < 4.78 is 24.4. The van der Waals surface area contributed by atoms with Gasteiger partial charge in [0.05, 0.1) is 22.6 Å². The minimum Gasteiger partial charge on any atom is -0.489 e. The van der Waals surface area contributed by atoms with Gasteiger partial charge < -0.3 is 9.47 Å². The molecule has 0 radical (unpaired) electrons. The fraction of sp³-hybridized carbons (Fsp3) is 0.120. The zero-order chi connectivity index (χ0) is 23.7. The van der Waals surface area contributed by atoms with Crippen molar-refractivity contribution in [1.29, 1.82) is 0 Å². The van der Waals surface area contributed by atoms with Gasteiger partial charge in [-0.15, -0.1) is 5.10 Å². The molecule has 1 aliphatic heterocycles. The molecule has 2 heterocycles. The Hall–Kier alpha value is -4.53. The lowest BCUT2D eigenvalue weighted by atomic mass is 9.85. The van der Waals surface area contributed by atoms with Gasteiger partial charge in [0.25, 0.3) is 5.69 Å². The van der Waals surface area contributed by atoms with Gasteiger partial charge in [0.1, 0.15) is 18.2 Å². The highest BCUT2D eigenvalue weighted by Crippen LogP contribution is 2.43. The second kappa shape index (κ2) is 8.78. The number of nitro benzene ring substituents is 1. The highest BCUT2D eigenvalue weighted by molar-refractivity contribution is 5.80. The SMILES string of the molecule is O=C1C[C@H](c2ccc(OCc3cccc(F)c3)cc2)c2c(n[nH]c2-c2cccc([N+](=O)[O-])c2)O1. The van der Waals surface area contributed by atoms with Crippen molar-refractivity contribution in [2.75, 3.05) is 0 Å². The molecule has 0 bridgehead atoms. The number of rotatable bonds is 6. The van der Waals surface area contributed by atoms with Crippen molar-refractivity contribution in [3.8, 4) is 22.9 Å². The van der Waals surface area contributed by atoms with Crippen molar-refractivity contribution in [3.05, 3.63) is 105 Å². The number of H-pyrrole nitrogens is 1. The van der Waals surface area contributed by atoms with E-state index in [1.807, 2.05) is 12.1 Å². The van der Waals surface area contributed by atoms with Crippen LogP contribution in [0.5, 0.6) is 11.6 Å². The molecule has 0 aliphatic carbocycles. The van der Waals surface area contributed by atoms with Crippen LogP contribution in [-0.2, 0) is 11.4 Å². The van der Waals surface area contributed by atoms with E-state index in [9.17, 15) is 19.3 Å². The van der Waals surface area contributed by atoms with Crippen molar-refractivity contribution in [3.63, 3.8) is 0 Å². The number of halogens is 1. The summed E-state index contributed by atoms with van der Waals surface area (Å²) in [6, 6.07) is 19.6. The monoisotopic (exact) mass is 459 g/mol. The van der Waals surface area contributed by atoms with Gasteiger partial charge in [-0.2, -0.15) is 0 Å². The number of nitrogens with one attached hydrogen (secondary N) is 1. The molecule has 8 nitrogen and oxygen atoms in total. The molecule has 1 aliphatic rings. The van der Waals surface area contributed by atoms with Crippen LogP contribution in [0.3, 0.4) is 0 Å². The Labute approximate surface area is 193 Å². The summed E-state index contributed by atoms with van der Waals surface area (Å²) in [5.74, 6) is -0.342. The van der Waals surface area contributed by atoms with Crippen LogP contribution in [-0.4, -0.2) is 21.1 Å². The number of hydrogen-bond acceptors (Lipinski definition) is 6. The molecule has 3 aromatic carbocycles. The van der Waals surface area contributed by atoms with E-state index in [0.717, 1.165) is 5.56 Å². The topological polar surface area (TPSA) is 107 Å². The molecule has 0 fully saturated rings. The van der Waals surface area contributed by atoms with E-state index in [0.29, 0.717) is 28.1 Å². The van der Waals surface area contributed by atoms with Gasteiger partial charge in [-0.05, 0) is 35.4 Å². The van der Waals surface area contributed by atoms with Crippen molar-refractivity contribution in [1.82, 2.24) is 10.2 Å². The molecular formula is C25H18FN3O5. The number of hydrogen-bond donors (Lipinski definition) is 1. The Morgan fingerprint density at radius 3 is 2.68 bits per heavy atom. The molecule has 0 spiro atoms. The Kier molecular flexibility index (Phi) is 5.51. The first-order chi connectivity index (χ1) is 16.5. The Balaban J connectivity index is 1.43. The number of benzene rings is 3. The summed E-state index contributed by atoms with van der Waals surface area (Å²) >= 11 is 0. The number of carbonyl (C=O) groups is 1. The molecule has 4 aromatic rings. The number of esters is 1. The van der Waals surface area contributed by atoms with E-state index in [-0.39, 0.29) is 36.3 Å². The number of ether oxygens (including phenoxy) is 2. The highest BCUT2D eigenvalue weighted by atomic mass is 19.1. The lowest BCUT2D eigenvalue weighted by Gasteiger charge is -2.22. The molecule has 1 atom stereocenters. The number of non-ortho nitro benzene ring substituents is 1. The average Bonchev–Trinajstić information content (AvgIpc) is 3.26. The molecule has 0 unspecified atom stereocenters. The first-order valence-corrected chi connectivity index (χ1v) is 10.5. The van der Waals surface area contributed by atoms with Gasteiger partial charge in [0.2, 0.25) is 5.88 Å². The molecule has 0 saturated heterocycles. The lowest BCUT2D eigenvalue weighted by Crippen LogP contribution is -2.20. The summed E-state index contributed by atoms with van der Waals surface area (Å²) in [6.45, 7) is 0.218. The van der Waals surface area contributed by atoms with Crippen LogP contribution in [0.4, 0.5) is 10.1 Å². The molecule has 170 valence electrons. The van der Waals surface area contributed by atoms with Crippen LogP contribution in [0.1, 0.15) is 29.0 Å². The van der Waals surface area contributed by atoms with Gasteiger partial charge in [0, 0.05) is 23.6 Å². The number of nitro groups is 1. The van der Waals surface area contributed by atoms with E-state index >= 15 is 0 Å². The summed E-state index contributed by atoms with van der Waals surface area (Å²) in [6.07, 6.45) is 0.0952. The Morgan fingerprint density at radius 2 is 1.91 bits per heavy atom. The first kappa shape index (κ1) is 21.3. The van der Waals surface area contributed by atoms with Crippen molar-refractivity contribution >= 4 is 11.7 Å². The average molecular weight is 459 g/mol. The van der Waals surface area contributed by atoms with Crippen molar-refractivity contribution in [2.24, 2.45) is 0 Å². The highest BCUT2D eigenvalue weighted by Gasteiger charge is 2.34. The molecule has 0 saturated carbocycles. The van der Waals surface area contributed by atoms with Crippen LogP contribution in [0.15, 0.2) is 72.8 Å². The zero-order valence-corrected chi connectivity index (χ0v) is 17.7. The molecule has 5 rings (SSSR count). The fourth-order valence-electron chi connectivity index (χ4n) is 4.02. The van der Waals surface area contributed by atoms with Crippen LogP contribution < -0.4 is 9.47 Å². The summed E-state index contributed by atoms with van der Waals surface area (Å²) in [7, 11) is 0. The predicted molar refractivity (Wildman–Crippen MR) is 120 cm³/mol. The van der Waals surface area contributed by atoms with E-state index < -0.39 is 10.9 Å². The minimum atomic E-state index is -0.466. The Bertz CT molecular complexity index is 1380. The maximum Gasteiger partial charge on any atom is 0.313 e. The van der Waals surface area contributed by atoms with E-state index in [4.69, 9.17) is 9.47 Å². The Morgan fingerprint density at radius 1 is 1.12 bits per heavy atom. The van der Waals surface area contributed by atoms with Crippen LogP contribution in [0.2, 0.25) is 0 Å². The third-order valence-electron chi connectivity index (χ3n) is 5.62. The molecule has 0 amide bonds. The number of carbonyl (C=O) groups excluding carboxylic acids is 1. The molecule has 1 aromatic heterocycles. The number of aromatic nitrogens is 2. The molecule has 9 heteroatoms. The van der Waals surface area contributed by atoms with Crippen LogP contribution >= 0.6 is 0 Å². The van der Waals surface area contributed by atoms with Gasteiger partial charge in [-0.3, -0.25) is 20.0 Å². The number of aromatic amines is 1. The van der Waals surface area contributed by atoms with Crippen LogP contribution in [0, 0.1) is 15.9 Å². The summed E-state index contributed by atoms with van der Waals surface area (Å²) in [4.78, 5) is 23.0. The molecule has 34 heavy (non-hydrogen) atoms. The van der Waals surface area contributed by atoms with Crippen molar-refractivity contribution in [2.45, 2.75) is 18.9 Å². The molecule has 1 N–H and O–H groups in total. The summed E-state index contributed by atoms with van der Waals surface area (Å²) in [5.41, 5.74) is 3.29. The second-order valence-corrected chi connectivity index (χ2v) is 7.84. The van der Waals surface area contributed by atoms with Gasteiger partial charge in [0.15, 0.2) is 0 Å². The van der Waals surface area contributed by atoms with E-state index in [2.05, 4.69) is 10.2 Å². The lowest BCUT2D eigenvalue weighted by molar-refractivity contribution is -0.384. The normalized spacial score (nSPS) is 14.9. The predicted octanol–water partition coefficient (Wildman–Crippen LogP) is 5.14. The second-order valence-electron chi connectivity index (χ2n) is 7.84. The van der Waals surface area contributed by atoms with Gasteiger partial charge in [-0.1, -0.05) is 36.4 Å². The third-order valence-corrected chi connectivity index (χ3v) is 5.62. The van der Waals surface area contributed by atoms with Crippen LogP contribution in [0.25, 0.3) is 11.3 Å². The maximum atomic E-state index is 13.4. The number of fused-ring (bicyclic) bond motifs is 1. The van der Waals surface area contributed by atoms with Gasteiger partial charge in [-0.25, -0.2) is 4.39 Å². The summed E-state index contributed by atoms with van der Waals surface area (Å²) in [5, 5.41) is 18.2. The zero-order valence-electron chi connectivity index (χ0n) is 17.7. The largest absolute Gasteiger partial charge is 0.489 e. The maximum absolute atomic E-state index is 13.4. The standard InChI is InChI=1S/C25H18FN3O5/c26-18-5-1-3-15(11-18)14-33-20-9-7-16(8-10-20)21-13-22(30)34-25-23(21)24(27-28-25)17-4-2-6-19(12-17)29(31)32/h1-12,21H,13-14H2,(H,27,28)/t21-/m1/s1. The van der Waals surface area contributed by atoms with Crippen molar-refractivity contribution < 1.29 is 23.6 Å². The van der Waals surface area contributed by atoms with E-state index in [1.54, 1.807) is 36.4 Å². The molecular weight excluding hydrogens is 441 g/mol. The number of nitrogens with zero attached hydrogens (tertiary/aromatic N) is 2. The minimum absolute atomic E-state index is 0.0509. The van der Waals surface area contributed by atoms with E-state index in [1.165, 1.54) is 24.3 Å². The quantitative estimate of drug-likeness (QED) is 0.243. The third kappa shape index (κ3) is 4.23.